The SMILES string of the molecule is C/C(=N\Nc1nncc(-c2ccccc2)n1)c1ccc(Cl)cc1. The minimum absolute atomic E-state index is 0.347. The largest absolute Gasteiger partial charge is 0.263 e. The van der Waals surface area contributed by atoms with E-state index in [0.717, 1.165) is 22.5 Å². The number of nitrogens with zero attached hydrogens (tertiary/aromatic N) is 4. The minimum Gasteiger partial charge on any atom is -0.244 e. The first kappa shape index (κ1) is 15.1. The zero-order chi connectivity index (χ0) is 16.1. The molecule has 0 aliphatic carbocycles. The summed E-state index contributed by atoms with van der Waals surface area (Å²) in [4.78, 5) is 4.41. The summed E-state index contributed by atoms with van der Waals surface area (Å²) >= 11 is 5.88. The molecule has 0 bridgehead atoms. The lowest BCUT2D eigenvalue weighted by atomic mass is 10.1. The van der Waals surface area contributed by atoms with Crippen LogP contribution in [0.2, 0.25) is 5.02 Å². The van der Waals surface area contributed by atoms with Gasteiger partial charge >= 0.3 is 0 Å². The Balaban J connectivity index is 1.78. The van der Waals surface area contributed by atoms with E-state index in [4.69, 9.17) is 11.6 Å². The molecule has 2 aromatic carbocycles. The summed E-state index contributed by atoms with van der Waals surface area (Å²) in [6, 6.07) is 17.3. The molecule has 0 saturated carbocycles. The number of anilines is 1. The first-order valence-electron chi connectivity index (χ1n) is 7.04. The van der Waals surface area contributed by atoms with Gasteiger partial charge in [0.25, 0.3) is 5.95 Å². The lowest BCUT2D eigenvalue weighted by Gasteiger charge is -2.04. The molecule has 0 saturated heterocycles. The third kappa shape index (κ3) is 3.90. The highest BCUT2D eigenvalue weighted by Crippen LogP contribution is 2.16. The summed E-state index contributed by atoms with van der Waals surface area (Å²) in [5.74, 6) is 0.347. The van der Waals surface area contributed by atoms with E-state index in [1.807, 2.05) is 61.5 Å². The first-order chi connectivity index (χ1) is 11.2. The quantitative estimate of drug-likeness (QED) is 0.581. The third-order valence-electron chi connectivity index (χ3n) is 3.21. The molecule has 0 fully saturated rings. The summed E-state index contributed by atoms with van der Waals surface area (Å²) in [7, 11) is 0. The van der Waals surface area contributed by atoms with Gasteiger partial charge in [0, 0.05) is 10.6 Å². The fraction of sp³-hybridized carbons (Fsp3) is 0.0588. The van der Waals surface area contributed by atoms with Gasteiger partial charge in [-0.3, -0.25) is 0 Å². The van der Waals surface area contributed by atoms with E-state index in [1.165, 1.54) is 0 Å². The van der Waals surface area contributed by atoms with Gasteiger partial charge < -0.3 is 0 Å². The van der Waals surface area contributed by atoms with E-state index >= 15 is 0 Å². The Morgan fingerprint density at radius 2 is 1.78 bits per heavy atom. The molecule has 1 N–H and O–H groups in total. The van der Waals surface area contributed by atoms with Crippen molar-refractivity contribution in [2.45, 2.75) is 6.92 Å². The van der Waals surface area contributed by atoms with Gasteiger partial charge in [-0.25, -0.2) is 10.4 Å². The van der Waals surface area contributed by atoms with Crippen molar-refractivity contribution >= 4 is 23.3 Å². The summed E-state index contributed by atoms with van der Waals surface area (Å²) in [6.07, 6.45) is 1.62. The fourth-order valence-electron chi connectivity index (χ4n) is 1.99. The standard InChI is InChI=1S/C17H14ClN5/c1-12(13-7-9-15(18)10-8-13)21-23-17-20-16(11-19-22-17)14-5-3-2-4-6-14/h2-11H,1H3,(H,20,22,23)/b21-12+. The van der Waals surface area contributed by atoms with E-state index in [9.17, 15) is 0 Å². The van der Waals surface area contributed by atoms with Crippen LogP contribution >= 0.6 is 11.6 Å². The zero-order valence-corrected chi connectivity index (χ0v) is 13.2. The van der Waals surface area contributed by atoms with Crippen LogP contribution in [0.25, 0.3) is 11.3 Å². The topological polar surface area (TPSA) is 63.1 Å². The Labute approximate surface area is 139 Å². The fourth-order valence-corrected chi connectivity index (χ4v) is 2.11. The molecule has 5 nitrogen and oxygen atoms in total. The molecule has 6 heteroatoms. The van der Waals surface area contributed by atoms with E-state index in [2.05, 4.69) is 25.7 Å². The number of benzene rings is 2. The lowest BCUT2D eigenvalue weighted by Crippen LogP contribution is -2.03. The molecule has 0 amide bonds. The molecule has 0 aliphatic heterocycles. The minimum atomic E-state index is 0.347. The molecule has 0 unspecified atom stereocenters. The van der Waals surface area contributed by atoms with Gasteiger partial charge in [-0.05, 0) is 24.6 Å². The molecule has 1 heterocycles. The number of hydrazone groups is 1. The number of rotatable bonds is 4. The van der Waals surface area contributed by atoms with Crippen molar-refractivity contribution in [1.82, 2.24) is 15.2 Å². The number of nitrogens with one attached hydrogen (secondary N) is 1. The van der Waals surface area contributed by atoms with Gasteiger partial charge in [0.05, 0.1) is 17.6 Å². The highest BCUT2D eigenvalue weighted by atomic mass is 35.5. The molecule has 23 heavy (non-hydrogen) atoms. The van der Waals surface area contributed by atoms with E-state index < -0.39 is 0 Å². The van der Waals surface area contributed by atoms with Gasteiger partial charge in [0.15, 0.2) is 0 Å². The Hall–Kier alpha value is -2.79. The van der Waals surface area contributed by atoms with Crippen LogP contribution in [-0.2, 0) is 0 Å². The molecule has 3 aromatic rings. The smallest absolute Gasteiger partial charge is 0.244 e. The van der Waals surface area contributed by atoms with Crippen LogP contribution < -0.4 is 5.43 Å². The molecule has 0 aliphatic rings. The maximum absolute atomic E-state index is 5.88. The highest BCUT2D eigenvalue weighted by molar-refractivity contribution is 6.30. The van der Waals surface area contributed by atoms with Crippen molar-refractivity contribution in [2.24, 2.45) is 5.10 Å². The number of hydrogen-bond acceptors (Lipinski definition) is 5. The third-order valence-corrected chi connectivity index (χ3v) is 3.47. The maximum Gasteiger partial charge on any atom is 0.263 e. The van der Waals surface area contributed by atoms with Crippen LogP contribution in [-0.4, -0.2) is 20.9 Å². The van der Waals surface area contributed by atoms with Crippen LogP contribution in [0.3, 0.4) is 0 Å². The Morgan fingerprint density at radius 1 is 1.04 bits per heavy atom. The van der Waals surface area contributed by atoms with Crippen molar-refractivity contribution in [1.29, 1.82) is 0 Å². The molecule has 3 rings (SSSR count). The summed E-state index contributed by atoms with van der Waals surface area (Å²) in [6.45, 7) is 1.89. The second-order valence-corrected chi connectivity index (χ2v) is 5.28. The second-order valence-electron chi connectivity index (χ2n) is 4.85. The average Bonchev–Trinajstić information content (AvgIpc) is 2.61. The summed E-state index contributed by atoms with van der Waals surface area (Å²) in [5, 5.41) is 12.9. The highest BCUT2D eigenvalue weighted by Gasteiger charge is 2.03. The molecule has 0 radical (unpaired) electrons. The van der Waals surface area contributed by atoms with E-state index in [0.29, 0.717) is 11.0 Å². The Bertz CT molecular complexity index is 816. The predicted octanol–water partition coefficient (Wildman–Crippen LogP) is 4.03. The number of hydrogen-bond donors (Lipinski definition) is 1. The predicted molar refractivity (Wildman–Crippen MR) is 92.5 cm³/mol. The van der Waals surface area contributed by atoms with Crippen molar-refractivity contribution in [3.63, 3.8) is 0 Å². The van der Waals surface area contributed by atoms with Crippen molar-refractivity contribution in [2.75, 3.05) is 5.43 Å². The monoisotopic (exact) mass is 323 g/mol. The van der Waals surface area contributed by atoms with Crippen molar-refractivity contribution in [3.05, 3.63) is 71.4 Å². The zero-order valence-electron chi connectivity index (χ0n) is 12.4. The van der Waals surface area contributed by atoms with Gasteiger partial charge in [-0.2, -0.15) is 10.2 Å². The van der Waals surface area contributed by atoms with Gasteiger partial charge in [0.1, 0.15) is 0 Å². The Morgan fingerprint density at radius 3 is 2.52 bits per heavy atom. The van der Waals surface area contributed by atoms with Gasteiger partial charge in [-0.15, -0.1) is 5.10 Å². The number of aromatic nitrogens is 3. The van der Waals surface area contributed by atoms with E-state index in [1.54, 1.807) is 6.20 Å². The second kappa shape index (κ2) is 6.98. The lowest BCUT2D eigenvalue weighted by molar-refractivity contribution is 0.966. The van der Waals surface area contributed by atoms with Gasteiger partial charge in [-0.1, -0.05) is 54.1 Å². The molecule has 0 spiro atoms. The van der Waals surface area contributed by atoms with Crippen molar-refractivity contribution in [3.8, 4) is 11.3 Å². The van der Waals surface area contributed by atoms with Crippen LogP contribution in [0, 0.1) is 0 Å². The molecular weight excluding hydrogens is 310 g/mol. The maximum atomic E-state index is 5.88. The van der Waals surface area contributed by atoms with Crippen molar-refractivity contribution < 1.29 is 0 Å². The normalized spacial score (nSPS) is 11.3. The summed E-state index contributed by atoms with van der Waals surface area (Å²) < 4.78 is 0. The average molecular weight is 324 g/mol. The number of halogens is 1. The summed E-state index contributed by atoms with van der Waals surface area (Å²) in [5.41, 5.74) is 6.32. The van der Waals surface area contributed by atoms with Crippen LogP contribution in [0.5, 0.6) is 0 Å². The Kier molecular flexibility index (Phi) is 4.59. The molecule has 1 aromatic heterocycles. The van der Waals surface area contributed by atoms with Gasteiger partial charge in [0.2, 0.25) is 0 Å². The molecule has 114 valence electrons. The molecule has 0 atom stereocenters. The van der Waals surface area contributed by atoms with Crippen LogP contribution in [0.4, 0.5) is 5.95 Å². The van der Waals surface area contributed by atoms with Crippen LogP contribution in [0.15, 0.2) is 65.9 Å². The molecular formula is C17H14ClN5. The van der Waals surface area contributed by atoms with E-state index in [-0.39, 0.29) is 0 Å². The van der Waals surface area contributed by atoms with Crippen LogP contribution in [0.1, 0.15) is 12.5 Å². The first-order valence-corrected chi connectivity index (χ1v) is 7.41.